The molecule has 1 aromatic rings. The lowest BCUT2D eigenvalue weighted by Gasteiger charge is -2.20. The van der Waals surface area contributed by atoms with E-state index in [-0.39, 0.29) is 10.6 Å². The lowest BCUT2D eigenvalue weighted by atomic mass is 10.3. The zero-order chi connectivity index (χ0) is 13.9. The number of hydrogen-bond acceptors (Lipinski definition) is 4. The van der Waals surface area contributed by atoms with E-state index in [2.05, 4.69) is 15.9 Å². The number of rotatable bonds is 5. The summed E-state index contributed by atoms with van der Waals surface area (Å²) in [5.74, 6) is 0. The molecule has 0 spiro atoms. The van der Waals surface area contributed by atoms with E-state index >= 15 is 0 Å². The van der Waals surface area contributed by atoms with Gasteiger partial charge in [-0.15, -0.1) is 0 Å². The summed E-state index contributed by atoms with van der Waals surface area (Å²) in [6.45, 7) is 1.07. The van der Waals surface area contributed by atoms with Crippen molar-refractivity contribution in [2.75, 3.05) is 40.0 Å². The largest absolute Gasteiger partial charge is 0.398 e. The van der Waals surface area contributed by atoms with Crippen LogP contribution in [0.1, 0.15) is 0 Å². The average molecular weight is 336 g/mol. The molecule has 1 rings (SSSR count). The molecule has 0 aliphatic heterocycles. The van der Waals surface area contributed by atoms with Gasteiger partial charge in [0.25, 0.3) is 0 Å². The van der Waals surface area contributed by atoms with Gasteiger partial charge in [0, 0.05) is 24.6 Å². The van der Waals surface area contributed by atoms with Gasteiger partial charge >= 0.3 is 0 Å². The molecule has 0 radical (unpaired) electrons. The maximum absolute atomic E-state index is 12.3. The van der Waals surface area contributed by atoms with Crippen LogP contribution >= 0.6 is 15.9 Å². The van der Waals surface area contributed by atoms with E-state index < -0.39 is 10.0 Å². The van der Waals surface area contributed by atoms with Crippen LogP contribution in [0, 0.1) is 0 Å². The molecule has 0 fully saturated rings. The van der Waals surface area contributed by atoms with Crippen molar-refractivity contribution in [2.45, 2.75) is 4.90 Å². The summed E-state index contributed by atoms with van der Waals surface area (Å²) in [5, 5.41) is 0. The predicted octanol–water partition coefficient (Wildman–Crippen LogP) is 1.21. The van der Waals surface area contributed by atoms with E-state index in [4.69, 9.17) is 5.73 Å². The molecule has 0 bridgehead atoms. The standard InChI is InChI=1S/C11H18BrN3O2S/c1-14(2)6-7-15(3)18(16,17)11-8-9(12)4-5-10(11)13/h4-5,8H,6-7,13H2,1-3H3. The van der Waals surface area contributed by atoms with Crippen molar-refractivity contribution >= 4 is 31.6 Å². The molecule has 0 aliphatic rings. The highest BCUT2D eigenvalue weighted by Gasteiger charge is 2.23. The number of nitrogen functional groups attached to an aromatic ring is 1. The van der Waals surface area contributed by atoms with E-state index in [9.17, 15) is 8.42 Å². The predicted molar refractivity (Wildman–Crippen MR) is 76.9 cm³/mol. The van der Waals surface area contributed by atoms with Crippen molar-refractivity contribution in [3.05, 3.63) is 22.7 Å². The smallest absolute Gasteiger partial charge is 0.244 e. The van der Waals surface area contributed by atoms with Crippen LogP contribution in [0.15, 0.2) is 27.6 Å². The van der Waals surface area contributed by atoms with Crippen LogP contribution in [0.25, 0.3) is 0 Å². The summed E-state index contributed by atoms with van der Waals surface area (Å²) in [7, 11) is 1.81. The summed E-state index contributed by atoms with van der Waals surface area (Å²) >= 11 is 3.25. The van der Waals surface area contributed by atoms with Gasteiger partial charge < -0.3 is 10.6 Å². The van der Waals surface area contributed by atoms with Crippen molar-refractivity contribution in [1.82, 2.24) is 9.21 Å². The molecular weight excluding hydrogens is 318 g/mol. The fourth-order valence-corrected chi connectivity index (χ4v) is 3.17. The molecule has 0 saturated heterocycles. The number of anilines is 1. The van der Waals surface area contributed by atoms with Crippen LogP contribution < -0.4 is 5.73 Å². The number of halogens is 1. The highest BCUT2D eigenvalue weighted by Crippen LogP contribution is 2.25. The Kier molecular flexibility index (Phi) is 5.15. The summed E-state index contributed by atoms with van der Waals surface area (Å²) in [4.78, 5) is 2.06. The monoisotopic (exact) mass is 335 g/mol. The minimum atomic E-state index is -3.54. The molecule has 0 saturated carbocycles. The van der Waals surface area contributed by atoms with E-state index in [0.29, 0.717) is 17.6 Å². The Morgan fingerprint density at radius 3 is 2.39 bits per heavy atom. The quantitative estimate of drug-likeness (QED) is 0.821. The first-order valence-electron chi connectivity index (χ1n) is 5.41. The first-order valence-corrected chi connectivity index (χ1v) is 7.64. The van der Waals surface area contributed by atoms with Crippen LogP contribution in [0.2, 0.25) is 0 Å². The van der Waals surface area contributed by atoms with Crippen LogP contribution in [-0.4, -0.2) is 51.9 Å². The number of sulfonamides is 1. The van der Waals surface area contributed by atoms with Gasteiger partial charge in [-0.2, -0.15) is 4.31 Å². The Morgan fingerprint density at radius 2 is 1.83 bits per heavy atom. The van der Waals surface area contributed by atoms with Gasteiger partial charge in [-0.05, 0) is 32.3 Å². The van der Waals surface area contributed by atoms with Gasteiger partial charge in [-0.1, -0.05) is 15.9 Å². The Bertz CT molecular complexity index is 517. The number of nitrogens with two attached hydrogens (primary N) is 1. The van der Waals surface area contributed by atoms with Crippen molar-refractivity contribution in [1.29, 1.82) is 0 Å². The Hall–Kier alpha value is -0.630. The molecule has 102 valence electrons. The number of likely N-dealkylation sites (N-methyl/N-ethyl adjacent to an activating group) is 2. The van der Waals surface area contributed by atoms with Crippen molar-refractivity contribution < 1.29 is 8.42 Å². The molecule has 0 heterocycles. The van der Waals surface area contributed by atoms with Gasteiger partial charge in [-0.25, -0.2) is 8.42 Å². The van der Waals surface area contributed by atoms with E-state index in [1.165, 1.54) is 10.4 Å². The molecule has 0 amide bonds. The number of benzene rings is 1. The minimum Gasteiger partial charge on any atom is -0.398 e. The first-order chi connectivity index (χ1) is 8.25. The number of nitrogens with zero attached hydrogens (tertiary/aromatic N) is 2. The molecule has 0 aromatic heterocycles. The second-order valence-corrected chi connectivity index (χ2v) is 7.24. The summed E-state index contributed by atoms with van der Waals surface area (Å²) < 4.78 is 26.7. The Balaban J connectivity index is 3.02. The normalized spacial score (nSPS) is 12.3. The van der Waals surface area contributed by atoms with Crippen molar-refractivity contribution in [3.8, 4) is 0 Å². The third kappa shape index (κ3) is 3.68. The third-order valence-corrected chi connectivity index (χ3v) is 4.93. The zero-order valence-electron chi connectivity index (χ0n) is 10.7. The molecule has 2 N–H and O–H groups in total. The molecule has 18 heavy (non-hydrogen) atoms. The molecule has 0 unspecified atom stereocenters. The van der Waals surface area contributed by atoms with Gasteiger partial charge in [0.2, 0.25) is 10.0 Å². The Labute approximate surface area is 117 Å². The van der Waals surface area contributed by atoms with E-state index in [1.807, 2.05) is 19.0 Å². The van der Waals surface area contributed by atoms with Gasteiger partial charge in [-0.3, -0.25) is 0 Å². The second kappa shape index (κ2) is 6.01. The summed E-state index contributed by atoms with van der Waals surface area (Å²) in [6, 6.07) is 4.82. The van der Waals surface area contributed by atoms with Gasteiger partial charge in [0.15, 0.2) is 0 Å². The fraction of sp³-hybridized carbons (Fsp3) is 0.455. The first kappa shape index (κ1) is 15.4. The Morgan fingerprint density at radius 1 is 1.22 bits per heavy atom. The number of hydrogen-bond donors (Lipinski definition) is 1. The maximum atomic E-state index is 12.3. The molecule has 7 heteroatoms. The lowest BCUT2D eigenvalue weighted by molar-refractivity contribution is 0.358. The van der Waals surface area contributed by atoms with Crippen LogP contribution in [0.5, 0.6) is 0 Å². The average Bonchev–Trinajstić information content (AvgIpc) is 2.28. The van der Waals surface area contributed by atoms with E-state index in [1.54, 1.807) is 19.2 Å². The van der Waals surface area contributed by atoms with Crippen molar-refractivity contribution in [3.63, 3.8) is 0 Å². The van der Waals surface area contributed by atoms with Gasteiger partial charge in [0.05, 0.1) is 5.69 Å². The van der Waals surface area contributed by atoms with Crippen LogP contribution in [0.4, 0.5) is 5.69 Å². The van der Waals surface area contributed by atoms with Gasteiger partial charge in [0.1, 0.15) is 4.90 Å². The second-order valence-electron chi connectivity index (χ2n) is 4.31. The highest BCUT2D eigenvalue weighted by atomic mass is 79.9. The van der Waals surface area contributed by atoms with Crippen LogP contribution in [-0.2, 0) is 10.0 Å². The zero-order valence-corrected chi connectivity index (χ0v) is 13.1. The molecular formula is C11H18BrN3O2S. The topological polar surface area (TPSA) is 66.6 Å². The fourth-order valence-electron chi connectivity index (χ4n) is 1.36. The SMILES string of the molecule is CN(C)CCN(C)S(=O)(=O)c1cc(Br)ccc1N. The minimum absolute atomic E-state index is 0.137. The molecule has 0 atom stereocenters. The van der Waals surface area contributed by atoms with Crippen molar-refractivity contribution in [2.24, 2.45) is 0 Å². The third-order valence-electron chi connectivity index (χ3n) is 2.53. The van der Waals surface area contributed by atoms with Crippen LogP contribution in [0.3, 0.4) is 0 Å². The summed E-state index contributed by atoms with van der Waals surface area (Å²) in [6.07, 6.45) is 0. The maximum Gasteiger partial charge on any atom is 0.244 e. The molecule has 5 nitrogen and oxygen atoms in total. The van der Waals surface area contributed by atoms with E-state index in [0.717, 1.165) is 0 Å². The lowest BCUT2D eigenvalue weighted by Crippen LogP contribution is -2.33. The molecule has 0 aliphatic carbocycles. The summed E-state index contributed by atoms with van der Waals surface area (Å²) in [5.41, 5.74) is 5.99. The highest BCUT2D eigenvalue weighted by molar-refractivity contribution is 9.10. The molecule has 1 aromatic carbocycles.